The number of nitrogens with two attached hydrogens (primary N) is 1. The largest absolute Gasteiger partial charge is 0.495 e. The number of pyridine rings is 3. The van der Waals surface area contributed by atoms with Gasteiger partial charge in [-0.1, -0.05) is 18.2 Å². The summed E-state index contributed by atoms with van der Waals surface area (Å²) >= 11 is 0. The Hall–Kier alpha value is -4.83. The third kappa shape index (κ3) is 7.86. The summed E-state index contributed by atoms with van der Waals surface area (Å²) in [7, 11) is 1.58. The predicted molar refractivity (Wildman–Crippen MR) is 156 cm³/mol. The van der Waals surface area contributed by atoms with Crippen LogP contribution in [0.5, 0.6) is 5.75 Å². The van der Waals surface area contributed by atoms with E-state index < -0.39 is 11.9 Å². The second-order valence-electron chi connectivity index (χ2n) is 9.07. The van der Waals surface area contributed by atoms with Crippen molar-refractivity contribution in [3.63, 3.8) is 0 Å². The standard InChI is InChI=1S/C31H33N5O5/c1-4-40-30(37)19-36(20-31(38)41-5-2)18-23-9-8-11-26(34-23)28-17-22(21-12-13-29(39-3)24(32)15-21)16-27(35-28)25-10-6-7-14-33-25/h6-17H,4-5,18-20,32H2,1-3H3. The van der Waals surface area contributed by atoms with Crippen molar-refractivity contribution in [3.05, 3.63) is 78.6 Å². The predicted octanol–water partition coefficient (Wildman–Crippen LogP) is 4.39. The number of nitrogens with zero attached hydrogens (tertiary/aromatic N) is 4. The highest BCUT2D eigenvalue weighted by Gasteiger charge is 2.18. The molecule has 0 amide bonds. The van der Waals surface area contributed by atoms with E-state index in [0.29, 0.717) is 39.9 Å². The first-order valence-corrected chi connectivity index (χ1v) is 13.3. The molecule has 0 atom stereocenters. The van der Waals surface area contributed by atoms with E-state index in [1.54, 1.807) is 32.1 Å². The fourth-order valence-electron chi connectivity index (χ4n) is 4.27. The second kappa shape index (κ2) is 14.0. The fourth-order valence-corrected chi connectivity index (χ4v) is 4.27. The zero-order valence-corrected chi connectivity index (χ0v) is 23.4. The third-order valence-electron chi connectivity index (χ3n) is 6.09. The first-order chi connectivity index (χ1) is 19.9. The normalized spacial score (nSPS) is 10.8. The second-order valence-corrected chi connectivity index (χ2v) is 9.07. The highest BCUT2D eigenvalue weighted by atomic mass is 16.5. The van der Waals surface area contributed by atoms with Gasteiger partial charge in [0.15, 0.2) is 0 Å². The summed E-state index contributed by atoms with van der Waals surface area (Å²) in [5.41, 5.74) is 11.8. The van der Waals surface area contributed by atoms with E-state index in [1.807, 2.05) is 66.7 Å². The Labute approximate surface area is 239 Å². The van der Waals surface area contributed by atoms with Crippen LogP contribution in [0.25, 0.3) is 33.9 Å². The summed E-state index contributed by atoms with van der Waals surface area (Å²) in [4.78, 5) is 40.3. The molecule has 3 heterocycles. The van der Waals surface area contributed by atoms with Gasteiger partial charge in [0.25, 0.3) is 0 Å². The third-order valence-corrected chi connectivity index (χ3v) is 6.09. The number of hydrogen-bond donors (Lipinski definition) is 1. The molecule has 10 nitrogen and oxygen atoms in total. The van der Waals surface area contributed by atoms with E-state index in [2.05, 4.69) is 4.98 Å². The van der Waals surface area contributed by atoms with Crippen molar-refractivity contribution in [1.82, 2.24) is 19.9 Å². The Morgan fingerprint density at radius 3 is 2.07 bits per heavy atom. The van der Waals surface area contributed by atoms with Gasteiger partial charge in [0.05, 0.1) is 67.6 Å². The number of hydrogen-bond acceptors (Lipinski definition) is 10. The molecule has 41 heavy (non-hydrogen) atoms. The van der Waals surface area contributed by atoms with Crippen molar-refractivity contribution in [2.45, 2.75) is 20.4 Å². The number of nitrogen functional groups attached to an aromatic ring is 1. The van der Waals surface area contributed by atoms with E-state index in [9.17, 15) is 9.59 Å². The number of rotatable bonds is 12. The molecule has 3 aromatic heterocycles. The molecule has 0 aliphatic heterocycles. The van der Waals surface area contributed by atoms with Crippen molar-refractivity contribution in [3.8, 4) is 39.7 Å². The Morgan fingerprint density at radius 2 is 1.46 bits per heavy atom. The number of benzene rings is 1. The van der Waals surface area contributed by atoms with Gasteiger partial charge in [-0.2, -0.15) is 0 Å². The van der Waals surface area contributed by atoms with Crippen molar-refractivity contribution < 1.29 is 23.8 Å². The summed E-state index contributed by atoms with van der Waals surface area (Å²) in [5.74, 6) is -0.264. The van der Waals surface area contributed by atoms with Gasteiger partial charge in [0.1, 0.15) is 5.75 Å². The van der Waals surface area contributed by atoms with Gasteiger partial charge >= 0.3 is 11.9 Å². The molecule has 0 radical (unpaired) electrons. The summed E-state index contributed by atoms with van der Waals surface area (Å²) in [6, 6.07) is 20.7. The average Bonchev–Trinajstić information content (AvgIpc) is 2.97. The van der Waals surface area contributed by atoms with Crippen molar-refractivity contribution in [2.75, 3.05) is 39.1 Å². The molecule has 4 aromatic rings. The SMILES string of the molecule is CCOC(=O)CN(CC(=O)OCC)Cc1cccc(-c2cc(-c3ccc(OC)c(N)c3)cc(-c3ccccn3)n2)n1. The molecule has 0 spiro atoms. The fraction of sp³-hybridized carbons (Fsp3) is 0.258. The Bertz CT molecular complexity index is 1480. The number of methoxy groups -OCH3 is 1. The van der Waals surface area contributed by atoms with Crippen molar-refractivity contribution in [1.29, 1.82) is 0 Å². The van der Waals surface area contributed by atoms with Crippen LogP contribution in [-0.4, -0.2) is 65.2 Å². The van der Waals surface area contributed by atoms with Crippen LogP contribution in [0.15, 0.2) is 72.9 Å². The van der Waals surface area contributed by atoms with E-state index in [0.717, 1.165) is 11.1 Å². The Morgan fingerprint density at radius 1 is 0.780 bits per heavy atom. The molecule has 0 saturated carbocycles. The lowest BCUT2D eigenvalue weighted by Gasteiger charge is -2.20. The molecule has 0 aliphatic rings. The van der Waals surface area contributed by atoms with Crippen LogP contribution in [0.3, 0.4) is 0 Å². The molecule has 2 N–H and O–H groups in total. The van der Waals surface area contributed by atoms with Gasteiger partial charge in [0, 0.05) is 12.7 Å². The van der Waals surface area contributed by atoms with Gasteiger partial charge in [-0.05, 0) is 73.5 Å². The Balaban J connectivity index is 1.71. The van der Waals surface area contributed by atoms with Gasteiger partial charge in [-0.3, -0.25) is 19.5 Å². The Kier molecular flexibility index (Phi) is 9.95. The summed E-state index contributed by atoms with van der Waals surface area (Å²) in [6.45, 7) is 4.05. The topological polar surface area (TPSA) is 130 Å². The molecule has 0 aliphatic carbocycles. The van der Waals surface area contributed by atoms with E-state index in [1.165, 1.54) is 0 Å². The highest BCUT2D eigenvalue weighted by molar-refractivity contribution is 5.78. The van der Waals surface area contributed by atoms with Gasteiger partial charge < -0.3 is 19.9 Å². The first kappa shape index (κ1) is 29.2. The van der Waals surface area contributed by atoms with Crippen LogP contribution in [0.2, 0.25) is 0 Å². The van der Waals surface area contributed by atoms with Crippen LogP contribution in [0.1, 0.15) is 19.5 Å². The van der Waals surface area contributed by atoms with E-state index in [-0.39, 0.29) is 32.8 Å². The molecule has 0 fully saturated rings. The molecule has 1 aromatic carbocycles. The summed E-state index contributed by atoms with van der Waals surface area (Å²) in [5, 5.41) is 0. The number of esters is 2. The van der Waals surface area contributed by atoms with Crippen LogP contribution in [-0.2, 0) is 25.6 Å². The molecule has 4 rings (SSSR count). The van der Waals surface area contributed by atoms with Gasteiger partial charge in [-0.25, -0.2) is 9.97 Å². The zero-order chi connectivity index (χ0) is 29.2. The minimum Gasteiger partial charge on any atom is -0.495 e. The quantitative estimate of drug-likeness (QED) is 0.198. The molecular weight excluding hydrogens is 522 g/mol. The maximum absolute atomic E-state index is 12.2. The first-order valence-electron chi connectivity index (χ1n) is 13.3. The van der Waals surface area contributed by atoms with Gasteiger partial charge in [0.2, 0.25) is 0 Å². The smallest absolute Gasteiger partial charge is 0.320 e. The lowest BCUT2D eigenvalue weighted by atomic mass is 10.0. The van der Waals surface area contributed by atoms with Gasteiger partial charge in [-0.15, -0.1) is 0 Å². The lowest BCUT2D eigenvalue weighted by molar-refractivity contribution is -0.148. The van der Waals surface area contributed by atoms with Crippen LogP contribution in [0, 0.1) is 0 Å². The lowest BCUT2D eigenvalue weighted by Crippen LogP contribution is -2.36. The number of aromatic nitrogens is 3. The monoisotopic (exact) mass is 555 g/mol. The number of ether oxygens (including phenoxy) is 3. The summed E-state index contributed by atoms with van der Waals surface area (Å²) < 4.78 is 15.5. The number of anilines is 1. The molecule has 0 unspecified atom stereocenters. The molecule has 212 valence electrons. The van der Waals surface area contributed by atoms with Crippen molar-refractivity contribution in [2.24, 2.45) is 0 Å². The number of carbonyl (C=O) groups is 2. The highest BCUT2D eigenvalue weighted by Crippen LogP contribution is 2.32. The molecule has 0 bridgehead atoms. The molecule has 0 saturated heterocycles. The zero-order valence-electron chi connectivity index (χ0n) is 23.4. The van der Waals surface area contributed by atoms with Crippen molar-refractivity contribution >= 4 is 17.6 Å². The minimum absolute atomic E-state index is 0.0744. The summed E-state index contributed by atoms with van der Waals surface area (Å²) in [6.07, 6.45) is 1.72. The van der Waals surface area contributed by atoms with Crippen LogP contribution < -0.4 is 10.5 Å². The molecular formula is C31H33N5O5. The molecule has 10 heteroatoms. The minimum atomic E-state index is -0.430. The van der Waals surface area contributed by atoms with Crippen LogP contribution >= 0.6 is 0 Å². The van der Waals surface area contributed by atoms with E-state index >= 15 is 0 Å². The average molecular weight is 556 g/mol. The number of carbonyl (C=O) groups excluding carboxylic acids is 2. The maximum atomic E-state index is 12.2. The van der Waals surface area contributed by atoms with E-state index in [4.69, 9.17) is 29.9 Å². The maximum Gasteiger partial charge on any atom is 0.320 e. The van der Waals surface area contributed by atoms with Crippen LogP contribution in [0.4, 0.5) is 5.69 Å².